The summed E-state index contributed by atoms with van der Waals surface area (Å²) in [5.74, 6) is 0.140. The lowest BCUT2D eigenvalue weighted by Gasteiger charge is -2.35. The van der Waals surface area contributed by atoms with E-state index in [1.54, 1.807) is 0 Å². The van der Waals surface area contributed by atoms with Crippen molar-refractivity contribution in [2.45, 2.75) is 31.7 Å². The Labute approximate surface area is 104 Å². The number of hydrogen-bond donors (Lipinski definition) is 1. The van der Waals surface area contributed by atoms with E-state index in [0.717, 1.165) is 12.8 Å². The average molecular weight is 259 g/mol. The van der Waals surface area contributed by atoms with E-state index in [1.165, 1.54) is 0 Å². The maximum atomic E-state index is 11.2. The molecule has 0 radical (unpaired) electrons. The zero-order valence-electron chi connectivity index (χ0n) is 9.60. The van der Waals surface area contributed by atoms with Gasteiger partial charge in [-0.3, -0.25) is 4.79 Å². The number of halogens is 1. The summed E-state index contributed by atoms with van der Waals surface area (Å²) in [7, 11) is 0. The van der Waals surface area contributed by atoms with Crippen LogP contribution in [0.5, 0.6) is 0 Å². The van der Waals surface area contributed by atoms with Gasteiger partial charge in [0.25, 0.3) is 0 Å². The third-order valence-corrected chi connectivity index (χ3v) is 3.33. The Morgan fingerprint density at radius 3 is 2.94 bits per heavy atom. The molecular formula is C10H15ClN4O2. The van der Waals surface area contributed by atoms with E-state index in [1.807, 2.05) is 4.90 Å². The van der Waals surface area contributed by atoms with E-state index in [-0.39, 0.29) is 23.7 Å². The standard InChI is InChI=1S/C10H15ClN4O2/c1-6-2-3-7(9(12)16)5-15(6)10-14-13-8(4-11)17-10/h6-7H,2-5H2,1H3,(H2,12,16). The molecule has 1 fully saturated rings. The number of alkyl halides is 1. The molecule has 6 nitrogen and oxygen atoms in total. The van der Waals surface area contributed by atoms with Gasteiger partial charge in [0.1, 0.15) is 5.88 Å². The molecule has 0 bridgehead atoms. The van der Waals surface area contributed by atoms with Gasteiger partial charge >= 0.3 is 6.01 Å². The molecule has 1 saturated heterocycles. The Hall–Kier alpha value is -1.30. The lowest BCUT2D eigenvalue weighted by molar-refractivity contribution is -0.122. The second-order valence-corrected chi connectivity index (χ2v) is 4.56. The lowest BCUT2D eigenvalue weighted by Crippen LogP contribution is -2.46. The van der Waals surface area contributed by atoms with Crippen LogP contribution in [0.1, 0.15) is 25.7 Å². The fourth-order valence-corrected chi connectivity index (χ4v) is 2.13. The van der Waals surface area contributed by atoms with Crippen LogP contribution in [0.25, 0.3) is 0 Å². The van der Waals surface area contributed by atoms with Crippen molar-refractivity contribution in [1.29, 1.82) is 0 Å². The van der Waals surface area contributed by atoms with Gasteiger partial charge in [-0.25, -0.2) is 0 Å². The number of primary amides is 1. The van der Waals surface area contributed by atoms with Gasteiger partial charge in [-0.15, -0.1) is 16.7 Å². The van der Waals surface area contributed by atoms with Crippen LogP contribution in [0, 0.1) is 5.92 Å². The van der Waals surface area contributed by atoms with Crippen molar-refractivity contribution in [3.8, 4) is 0 Å². The smallest absolute Gasteiger partial charge is 0.318 e. The van der Waals surface area contributed by atoms with E-state index in [2.05, 4.69) is 17.1 Å². The number of piperidine rings is 1. The van der Waals surface area contributed by atoms with Gasteiger partial charge in [0, 0.05) is 12.6 Å². The number of nitrogens with two attached hydrogens (primary N) is 1. The van der Waals surface area contributed by atoms with E-state index < -0.39 is 0 Å². The van der Waals surface area contributed by atoms with E-state index in [9.17, 15) is 4.79 Å². The number of hydrogen-bond acceptors (Lipinski definition) is 5. The molecule has 94 valence electrons. The molecule has 1 aromatic rings. The van der Waals surface area contributed by atoms with Gasteiger partial charge in [0.15, 0.2) is 0 Å². The summed E-state index contributed by atoms with van der Waals surface area (Å²) >= 11 is 5.61. The quantitative estimate of drug-likeness (QED) is 0.814. The summed E-state index contributed by atoms with van der Waals surface area (Å²) in [5, 5.41) is 7.74. The molecule has 2 atom stereocenters. The zero-order valence-corrected chi connectivity index (χ0v) is 10.4. The molecule has 2 unspecified atom stereocenters. The molecule has 0 spiro atoms. The van der Waals surface area contributed by atoms with Crippen LogP contribution >= 0.6 is 11.6 Å². The maximum absolute atomic E-state index is 11.2. The van der Waals surface area contributed by atoms with Crippen molar-refractivity contribution in [3.05, 3.63) is 5.89 Å². The molecule has 0 aromatic carbocycles. The topological polar surface area (TPSA) is 85.3 Å². The zero-order chi connectivity index (χ0) is 12.4. The first-order valence-corrected chi connectivity index (χ1v) is 6.09. The molecule has 1 aromatic heterocycles. The Kier molecular flexibility index (Phi) is 3.51. The fourth-order valence-electron chi connectivity index (χ4n) is 2.02. The summed E-state index contributed by atoms with van der Waals surface area (Å²) in [6, 6.07) is 0.674. The number of amides is 1. The molecule has 7 heteroatoms. The van der Waals surface area contributed by atoms with Crippen molar-refractivity contribution in [2.24, 2.45) is 11.7 Å². The minimum absolute atomic E-state index is 0.155. The average Bonchev–Trinajstić information content (AvgIpc) is 2.77. The molecule has 0 aliphatic carbocycles. The summed E-state index contributed by atoms with van der Waals surface area (Å²) in [5.41, 5.74) is 5.33. The van der Waals surface area contributed by atoms with E-state index in [4.69, 9.17) is 21.8 Å². The molecule has 1 aliphatic rings. The largest absolute Gasteiger partial charge is 0.407 e. The second-order valence-electron chi connectivity index (χ2n) is 4.29. The van der Waals surface area contributed by atoms with Crippen molar-refractivity contribution < 1.29 is 9.21 Å². The van der Waals surface area contributed by atoms with Crippen molar-refractivity contribution in [1.82, 2.24) is 10.2 Å². The van der Waals surface area contributed by atoms with Gasteiger partial charge < -0.3 is 15.1 Å². The number of carbonyl (C=O) groups is 1. The van der Waals surface area contributed by atoms with Crippen LogP contribution in [0.15, 0.2) is 4.42 Å². The van der Waals surface area contributed by atoms with Gasteiger partial charge in [0.05, 0.1) is 5.92 Å². The van der Waals surface area contributed by atoms with Gasteiger partial charge in [-0.1, -0.05) is 5.10 Å². The monoisotopic (exact) mass is 258 g/mol. The molecule has 1 aliphatic heterocycles. The van der Waals surface area contributed by atoms with E-state index >= 15 is 0 Å². The fraction of sp³-hybridized carbons (Fsp3) is 0.700. The first-order chi connectivity index (χ1) is 8.11. The molecule has 17 heavy (non-hydrogen) atoms. The normalized spacial score (nSPS) is 24.9. The van der Waals surface area contributed by atoms with Gasteiger partial charge in [-0.2, -0.15) is 0 Å². The van der Waals surface area contributed by atoms with Crippen LogP contribution in [0.3, 0.4) is 0 Å². The van der Waals surface area contributed by atoms with Crippen LogP contribution in [0.2, 0.25) is 0 Å². The molecule has 2 heterocycles. The highest BCUT2D eigenvalue weighted by atomic mass is 35.5. The Morgan fingerprint density at radius 1 is 1.59 bits per heavy atom. The molecule has 2 N–H and O–H groups in total. The van der Waals surface area contributed by atoms with Gasteiger partial charge in [0.2, 0.25) is 11.8 Å². The second kappa shape index (κ2) is 4.91. The van der Waals surface area contributed by atoms with Crippen LogP contribution in [-0.4, -0.2) is 28.7 Å². The van der Waals surface area contributed by atoms with Gasteiger partial charge in [-0.05, 0) is 19.8 Å². The number of anilines is 1. The van der Waals surface area contributed by atoms with E-state index in [0.29, 0.717) is 18.5 Å². The summed E-state index contributed by atoms with van der Waals surface area (Å²) in [6.45, 7) is 2.59. The molecule has 1 amide bonds. The molecular weight excluding hydrogens is 244 g/mol. The number of carbonyl (C=O) groups excluding carboxylic acids is 1. The predicted octanol–water partition coefficient (Wildman–Crippen LogP) is 0.899. The maximum Gasteiger partial charge on any atom is 0.318 e. The first kappa shape index (κ1) is 12.2. The highest BCUT2D eigenvalue weighted by Gasteiger charge is 2.31. The SMILES string of the molecule is CC1CCC(C(N)=O)CN1c1nnc(CCl)o1. The summed E-state index contributed by atoms with van der Waals surface area (Å²) in [6.07, 6.45) is 1.69. The van der Waals surface area contributed by atoms with Crippen molar-refractivity contribution in [2.75, 3.05) is 11.4 Å². The third-order valence-electron chi connectivity index (χ3n) is 3.10. The van der Waals surface area contributed by atoms with Crippen LogP contribution in [0.4, 0.5) is 6.01 Å². The number of aromatic nitrogens is 2. The third kappa shape index (κ3) is 2.52. The highest BCUT2D eigenvalue weighted by Crippen LogP contribution is 2.26. The minimum atomic E-state index is -0.279. The number of nitrogens with zero attached hydrogens (tertiary/aromatic N) is 3. The summed E-state index contributed by atoms with van der Waals surface area (Å²) < 4.78 is 5.39. The Bertz CT molecular complexity index is 409. The van der Waals surface area contributed by atoms with Crippen LogP contribution in [-0.2, 0) is 10.7 Å². The highest BCUT2D eigenvalue weighted by molar-refractivity contribution is 6.16. The lowest BCUT2D eigenvalue weighted by atomic mass is 9.93. The first-order valence-electron chi connectivity index (χ1n) is 5.56. The number of rotatable bonds is 3. The predicted molar refractivity (Wildman–Crippen MR) is 62.6 cm³/mol. The van der Waals surface area contributed by atoms with Crippen molar-refractivity contribution >= 4 is 23.5 Å². The summed E-state index contributed by atoms with van der Waals surface area (Å²) in [4.78, 5) is 13.1. The van der Waals surface area contributed by atoms with Crippen molar-refractivity contribution in [3.63, 3.8) is 0 Å². The molecule has 0 saturated carbocycles. The minimum Gasteiger partial charge on any atom is -0.407 e. The van der Waals surface area contributed by atoms with Crippen LogP contribution < -0.4 is 10.6 Å². The Balaban J connectivity index is 2.14. The Morgan fingerprint density at radius 2 is 2.35 bits per heavy atom. The molecule has 2 rings (SSSR count).